The molecule has 1 amide bonds. The molecule has 0 radical (unpaired) electrons. The fraction of sp³-hybridized carbons (Fsp3) is 0.400. The zero-order valence-electron chi connectivity index (χ0n) is 12.7. The first-order chi connectivity index (χ1) is 10.5. The largest absolute Gasteiger partial charge is 0.379 e. The van der Waals surface area contributed by atoms with Gasteiger partial charge in [-0.3, -0.25) is 9.48 Å². The van der Waals surface area contributed by atoms with Crippen molar-refractivity contribution in [1.29, 1.82) is 0 Å². The second kappa shape index (κ2) is 5.57. The molecule has 0 bridgehead atoms. The molecule has 1 aliphatic heterocycles. The van der Waals surface area contributed by atoms with Gasteiger partial charge < -0.3 is 10.2 Å². The molecule has 22 heavy (non-hydrogen) atoms. The molecule has 3 rings (SSSR count). The van der Waals surface area contributed by atoms with Gasteiger partial charge in [0.1, 0.15) is 5.71 Å². The number of carbonyl (C=O) groups excluding carboxylic acids is 1. The average molecular weight is 318 g/mol. The number of oxime groups is 1. The van der Waals surface area contributed by atoms with Gasteiger partial charge >= 0.3 is 0 Å². The minimum Gasteiger partial charge on any atom is -0.379 e. The summed E-state index contributed by atoms with van der Waals surface area (Å²) in [6, 6.07) is 4.18. The number of thiophene rings is 1. The van der Waals surface area contributed by atoms with Crippen molar-refractivity contribution in [2.75, 3.05) is 5.32 Å². The number of nitrogens with one attached hydrogen (secondary N) is 1. The summed E-state index contributed by atoms with van der Waals surface area (Å²) in [6.07, 6.45) is 3.90. The Morgan fingerprint density at radius 3 is 3.00 bits per heavy atom. The van der Waals surface area contributed by atoms with Crippen molar-refractivity contribution in [3.8, 4) is 0 Å². The zero-order chi connectivity index (χ0) is 15.7. The van der Waals surface area contributed by atoms with Gasteiger partial charge in [0, 0.05) is 18.7 Å². The molecule has 3 heterocycles. The highest BCUT2D eigenvalue weighted by Gasteiger charge is 2.42. The van der Waals surface area contributed by atoms with Gasteiger partial charge in [-0.05, 0) is 32.2 Å². The molecule has 7 heteroatoms. The van der Waals surface area contributed by atoms with E-state index in [-0.39, 0.29) is 11.9 Å². The van der Waals surface area contributed by atoms with Crippen molar-refractivity contribution < 1.29 is 9.63 Å². The molecular formula is C15H18N4O2S. The minimum atomic E-state index is -0.987. The summed E-state index contributed by atoms with van der Waals surface area (Å²) in [7, 11) is 0. The third-order valence-electron chi connectivity index (χ3n) is 3.54. The van der Waals surface area contributed by atoms with Gasteiger partial charge in [-0.2, -0.15) is 5.10 Å². The van der Waals surface area contributed by atoms with Crippen molar-refractivity contribution in [1.82, 2.24) is 9.78 Å². The molecule has 0 aliphatic carbocycles. The maximum atomic E-state index is 12.5. The summed E-state index contributed by atoms with van der Waals surface area (Å²) in [5.74, 6) is -0.217. The van der Waals surface area contributed by atoms with Gasteiger partial charge in [-0.25, -0.2) is 0 Å². The molecule has 0 spiro atoms. The number of hydrogen-bond acceptors (Lipinski definition) is 5. The SMILES string of the molecule is CC(C)n1cc(NC(=O)[C@]2(C)CC(c3cccs3)=NO2)cn1. The quantitative estimate of drug-likeness (QED) is 0.942. The Kier molecular flexibility index (Phi) is 3.74. The van der Waals surface area contributed by atoms with Crippen molar-refractivity contribution in [2.45, 2.75) is 38.8 Å². The first kappa shape index (κ1) is 14.8. The van der Waals surface area contributed by atoms with Crippen LogP contribution in [0.5, 0.6) is 0 Å². The lowest BCUT2D eigenvalue weighted by molar-refractivity contribution is -0.135. The highest BCUT2D eigenvalue weighted by atomic mass is 32.1. The Morgan fingerprint density at radius 1 is 1.55 bits per heavy atom. The molecule has 6 nitrogen and oxygen atoms in total. The Morgan fingerprint density at radius 2 is 2.36 bits per heavy atom. The number of nitrogens with zero attached hydrogens (tertiary/aromatic N) is 3. The number of anilines is 1. The molecule has 0 aromatic carbocycles. The number of hydrogen-bond donors (Lipinski definition) is 1. The Labute approximate surface area is 132 Å². The Hall–Kier alpha value is -2.15. The highest BCUT2D eigenvalue weighted by molar-refractivity contribution is 7.12. The van der Waals surface area contributed by atoms with Crippen LogP contribution in [0, 0.1) is 0 Å². The Balaban J connectivity index is 1.67. The molecule has 1 N–H and O–H groups in total. The van der Waals surface area contributed by atoms with Crippen LogP contribution < -0.4 is 5.32 Å². The predicted octanol–water partition coefficient (Wildman–Crippen LogP) is 3.05. The van der Waals surface area contributed by atoms with E-state index in [4.69, 9.17) is 4.84 Å². The molecule has 1 aliphatic rings. The average Bonchev–Trinajstić information content (AvgIpc) is 3.17. The monoisotopic (exact) mass is 318 g/mol. The predicted molar refractivity (Wildman–Crippen MR) is 86.2 cm³/mol. The summed E-state index contributed by atoms with van der Waals surface area (Å²) in [5.41, 5.74) is 0.484. The van der Waals surface area contributed by atoms with Crippen LogP contribution in [-0.2, 0) is 9.63 Å². The molecular weight excluding hydrogens is 300 g/mol. The first-order valence-corrected chi connectivity index (χ1v) is 8.00. The van der Waals surface area contributed by atoms with Crippen LogP contribution in [0.15, 0.2) is 35.1 Å². The topological polar surface area (TPSA) is 68.5 Å². The van der Waals surface area contributed by atoms with Crippen molar-refractivity contribution in [2.24, 2.45) is 5.16 Å². The normalized spacial score (nSPS) is 20.8. The van der Waals surface area contributed by atoms with E-state index in [9.17, 15) is 4.79 Å². The summed E-state index contributed by atoms with van der Waals surface area (Å²) < 4.78 is 1.79. The molecule has 0 fully saturated rings. The summed E-state index contributed by atoms with van der Waals surface area (Å²) >= 11 is 1.59. The second-order valence-electron chi connectivity index (χ2n) is 5.77. The zero-order valence-corrected chi connectivity index (χ0v) is 13.6. The van der Waals surface area contributed by atoms with E-state index in [1.807, 2.05) is 37.6 Å². The van der Waals surface area contributed by atoms with E-state index in [1.54, 1.807) is 29.1 Å². The van der Waals surface area contributed by atoms with Crippen LogP contribution in [0.2, 0.25) is 0 Å². The van der Waals surface area contributed by atoms with Gasteiger partial charge in [0.25, 0.3) is 5.91 Å². The summed E-state index contributed by atoms with van der Waals surface area (Å²) in [5, 5.41) is 13.1. The van der Waals surface area contributed by atoms with Crippen molar-refractivity contribution in [3.05, 3.63) is 34.8 Å². The maximum Gasteiger partial charge on any atom is 0.271 e. The van der Waals surface area contributed by atoms with Crippen LogP contribution in [-0.4, -0.2) is 27.0 Å². The van der Waals surface area contributed by atoms with E-state index in [0.717, 1.165) is 10.6 Å². The van der Waals surface area contributed by atoms with Gasteiger partial charge in [0.05, 0.1) is 16.8 Å². The fourth-order valence-corrected chi connectivity index (χ4v) is 2.89. The molecule has 0 saturated carbocycles. The third kappa shape index (κ3) is 2.76. The van der Waals surface area contributed by atoms with Crippen molar-refractivity contribution >= 4 is 28.6 Å². The number of amides is 1. The smallest absolute Gasteiger partial charge is 0.271 e. The van der Waals surface area contributed by atoms with Crippen LogP contribution in [0.1, 0.15) is 38.1 Å². The number of carbonyl (C=O) groups is 1. The van der Waals surface area contributed by atoms with Crippen LogP contribution in [0.25, 0.3) is 0 Å². The molecule has 116 valence electrons. The minimum absolute atomic E-state index is 0.217. The van der Waals surface area contributed by atoms with E-state index in [0.29, 0.717) is 12.1 Å². The molecule has 2 aromatic rings. The standard InChI is InChI=1S/C15H18N4O2S/c1-10(2)19-9-11(8-16-19)17-14(20)15(3)7-12(18-21-15)13-5-4-6-22-13/h4-6,8-10H,7H2,1-3H3,(H,17,20)/t15-/m0/s1. The van der Waals surface area contributed by atoms with E-state index < -0.39 is 5.60 Å². The Bertz CT molecular complexity index is 705. The summed E-state index contributed by atoms with van der Waals surface area (Å²) in [4.78, 5) is 18.9. The number of aromatic nitrogens is 2. The van der Waals surface area contributed by atoms with Gasteiger partial charge in [0.15, 0.2) is 0 Å². The number of rotatable bonds is 4. The first-order valence-electron chi connectivity index (χ1n) is 7.12. The van der Waals surface area contributed by atoms with E-state index in [2.05, 4.69) is 15.6 Å². The van der Waals surface area contributed by atoms with E-state index >= 15 is 0 Å². The van der Waals surface area contributed by atoms with Crippen LogP contribution in [0.4, 0.5) is 5.69 Å². The van der Waals surface area contributed by atoms with E-state index in [1.165, 1.54) is 0 Å². The lowest BCUT2D eigenvalue weighted by Gasteiger charge is -2.19. The molecule has 1 atom stereocenters. The summed E-state index contributed by atoms with van der Waals surface area (Å²) in [6.45, 7) is 5.81. The third-order valence-corrected chi connectivity index (χ3v) is 4.46. The van der Waals surface area contributed by atoms with Gasteiger partial charge in [-0.15, -0.1) is 11.3 Å². The van der Waals surface area contributed by atoms with Gasteiger partial charge in [0.2, 0.25) is 5.60 Å². The van der Waals surface area contributed by atoms with Crippen molar-refractivity contribution in [3.63, 3.8) is 0 Å². The lowest BCUT2D eigenvalue weighted by Crippen LogP contribution is -2.40. The molecule has 2 aromatic heterocycles. The maximum absolute atomic E-state index is 12.5. The fourth-order valence-electron chi connectivity index (χ4n) is 2.18. The van der Waals surface area contributed by atoms with Gasteiger partial charge in [-0.1, -0.05) is 11.2 Å². The second-order valence-corrected chi connectivity index (χ2v) is 6.72. The lowest BCUT2D eigenvalue weighted by atomic mass is 9.98. The van der Waals surface area contributed by atoms with Crippen LogP contribution >= 0.6 is 11.3 Å². The molecule has 0 saturated heterocycles. The highest BCUT2D eigenvalue weighted by Crippen LogP contribution is 2.29. The van der Waals surface area contributed by atoms with Crippen LogP contribution in [0.3, 0.4) is 0 Å². The molecule has 0 unspecified atom stereocenters.